The Morgan fingerprint density at radius 1 is 1.67 bits per heavy atom. The zero-order valence-electron chi connectivity index (χ0n) is 9.16. The number of amides is 1. The molecule has 3 N–H and O–H groups in total. The summed E-state index contributed by atoms with van der Waals surface area (Å²) in [5.74, 6) is -0.131. The number of hydrogen-bond acceptors (Lipinski definition) is 3. The van der Waals surface area contributed by atoms with E-state index in [0.717, 1.165) is 12.0 Å². The molecule has 82 valence electrons. The molecule has 0 fully saturated rings. The van der Waals surface area contributed by atoms with Crippen LogP contribution in [-0.4, -0.2) is 23.5 Å². The minimum absolute atomic E-state index is 0.0870. The monoisotopic (exact) mass is 207 g/mol. The fourth-order valence-corrected chi connectivity index (χ4v) is 1.34. The molecule has 0 aromatic carbocycles. The average molecular weight is 207 g/mol. The van der Waals surface area contributed by atoms with Crippen LogP contribution in [0.25, 0.3) is 0 Å². The van der Waals surface area contributed by atoms with Crippen molar-refractivity contribution >= 4 is 5.91 Å². The maximum Gasteiger partial charge on any atom is 0.270 e. The average Bonchev–Trinajstić information content (AvgIpc) is 2.18. The maximum absolute atomic E-state index is 11.7. The van der Waals surface area contributed by atoms with Crippen LogP contribution in [-0.2, 0) is 0 Å². The van der Waals surface area contributed by atoms with Gasteiger partial charge in [0, 0.05) is 12.2 Å². The minimum atomic E-state index is -0.131. The molecule has 15 heavy (non-hydrogen) atoms. The van der Waals surface area contributed by atoms with Gasteiger partial charge < -0.3 is 11.1 Å². The summed E-state index contributed by atoms with van der Waals surface area (Å²) >= 11 is 0. The van der Waals surface area contributed by atoms with Gasteiger partial charge in [-0.3, -0.25) is 9.78 Å². The van der Waals surface area contributed by atoms with Crippen molar-refractivity contribution in [2.45, 2.75) is 26.3 Å². The molecule has 0 saturated carbocycles. The Labute approximate surface area is 89.9 Å². The molecule has 1 heterocycles. The number of pyridine rings is 1. The highest BCUT2D eigenvalue weighted by atomic mass is 16.1. The highest BCUT2D eigenvalue weighted by Gasteiger charge is 2.11. The summed E-state index contributed by atoms with van der Waals surface area (Å²) in [5, 5.41) is 2.86. The van der Waals surface area contributed by atoms with E-state index in [1.807, 2.05) is 26.0 Å². The zero-order valence-corrected chi connectivity index (χ0v) is 9.16. The highest BCUT2D eigenvalue weighted by Crippen LogP contribution is 2.03. The van der Waals surface area contributed by atoms with Crippen LogP contribution < -0.4 is 11.1 Å². The van der Waals surface area contributed by atoms with Gasteiger partial charge in [0.1, 0.15) is 5.69 Å². The van der Waals surface area contributed by atoms with Gasteiger partial charge in [0.25, 0.3) is 5.91 Å². The summed E-state index contributed by atoms with van der Waals surface area (Å²) in [7, 11) is 0. The van der Waals surface area contributed by atoms with Crippen molar-refractivity contribution in [3.8, 4) is 0 Å². The lowest BCUT2D eigenvalue weighted by atomic mass is 10.2. The second-order valence-electron chi connectivity index (χ2n) is 3.62. The Kier molecular flexibility index (Phi) is 4.24. The highest BCUT2D eigenvalue weighted by molar-refractivity contribution is 5.93. The molecule has 1 amide bonds. The Morgan fingerprint density at radius 3 is 3.00 bits per heavy atom. The molecule has 4 nitrogen and oxygen atoms in total. The summed E-state index contributed by atoms with van der Waals surface area (Å²) in [6.45, 7) is 4.38. The molecule has 1 atom stereocenters. The maximum atomic E-state index is 11.7. The summed E-state index contributed by atoms with van der Waals surface area (Å²) in [6.07, 6.45) is 2.40. The van der Waals surface area contributed by atoms with E-state index < -0.39 is 0 Å². The molecule has 1 unspecified atom stereocenters. The third-order valence-corrected chi connectivity index (χ3v) is 2.20. The lowest BCUT2D eigenvalue weighted by Gasteiger charge is -2.12. The molecular weight excluding hydrogens is 190 g/mol. The number of nitrogens with one attached hydrogen (secondary N) is 1. The summed E-state index contributed by atoms with van der Waals surface area (Å²) < 4.78 is 0. The Hall–Kier alpha value is -1.42. The lowest BCUT2D eigenvalue weighted by Crippen LogP contribution is -2.34. The first-order valence-electron chi connectivity index (χ1n) is 5.07. The first kappa shape index (κ1) is 11.7. The first-order chi connectivity index (χ1) is 7.15. The summed E-state index contributed by atoms with van der Waals surface area (Å²) in [5.41, 5.74) is 6.78. The van der Waals surface area contributed by atoms with E-state index in [9.17, 15) is 4.79 Å². The summed E-state index contributed by atoms with van der Waals surface area (Å²) in [6, 6.07) is 3.77. The molecule has 1 aromatic rings. The Balaban J connectivity index is 2.65. The number of carbonyl (C=O) groups is 1. The normalized spacial score (nSPS) is 12.2. The molecule has 0 bridgehead atoms. The third-order valence-electron chi connectivity index (χ3n) is 2.20. The van der Waals surface area contributed by atoms with Crippen LogP contribution in [0.3, 0.4) is 0 Å². The van der Waals surface area contributed by atoms with Crippen LogP contribution >= 0.6 is 0 Å². The van der Waals surface area contributed by atoms with E-state index in [-0.39, 0.29) is 11.9 Å². The third kappa shape index (κ3) is 3.32. The number of aryl methyl sites for hydroxylation is 1. The predicted octanol–water partition coefficient (Wildman–Crippen LogP) is 0.857. The van der Waals surface area contributed by atoms with Gasteiger partial charge in [0.2, 0.25) is 0 Å². The second-order valence-corrected chi connectivity index (χ2v) is 3.62. The van der Waals surface area contributed by atoms with Crippen LogP contribution in [0, 0.1) is 6.92 Å². The van der Waals surface area contributed by atoms with Gasteiger partial charge in [-0.2, -0.15) is 0 Å². The molecule has 0 spiro atoms. The topological polar surface area (TPSA) is 68.0 Å². The number of nitrogens with two attached hydrogens (primary N) is 1. The molecule has 0 radical (unpaired) electrons. The van der Waals surface area contributed by atoms with Gasteiger partial charge in [-0.15, -0.1) is 0 Å². The van der Waals surface area contributed by atoms with Crippen molar-refractivity contribution in [1.29, 1.82) is 0 Å². The van der Waals surface area contributed by atoms with E-state index in [2.05, 4.69) is 10.3 Å². The van der Waals surface area contributed by atoms with E-state index in [1.54, 1.807) is 6.20 Å². The van der Waals surface area contributed by atoms with Gasteiger partial charge in [0.05, 0.1) is 0 Å². The molecule has 0 aliphatic heterocycles. The summed E-state index contributed by atoms with van der Waals surface area (Å²) in [4.78, 5) is 15.8. The molecule has 1 aromatic heterocycles. The van der Waals surface area contributed by atoms with Gasteiger partial charge in [-0.1, -0.05) is 6.07 Å². The van der Waals surface area contributed by atoms with Crippen LogP contribution in [0.5, 0.6) is 0 Å². The second kappa shape index (κ2) is 5.46. The molecule has 4 heteroatoms. The number of nitrogens with zero attached hydrogens (tertiary/aromatic N) is 1. The van der Waals surface area contributed by atoms with Gasteiger partial charge in [0.15, 0.2) is 0 Å². The number of carbonyl (C=O) groups excluding carboxylic acids is 1. The number of rotatable bonds is 4. The molecule has 1 rings (SSSR count). The van der Waals surface area contributed by atoms with Crippen molar-refractivity contribution in [3.63, 3.8) is 0 Å². The van der Waals surface area contributed by atoms with Crippen molar-refractivity contribution in [3.05, 3.63) is 29.6 Å². The quantitative estimate of drug-likeness (QED) is 0.769. The standard InChI is InChI=1S/C11H17N3O/c1-8-4-3-7-13-10(8)11(15)14-9(2)5-6-12/h3-4,7,9H,5-6,12H2,1-2H3,(H,14,15). The van der Waals surface area contributed by atoms with Crippen LogP contribution in [0.1, 0.15) is 29.4 Å². The Bertz CT molecular complexity index is 338. The van der Waals surface area contributed by atoms with Gasteiger partial charge in [-0.25, -0.2) is 0 Å². The predicted molar refractivity (Wildman–Crippen MR) is 59.6 cm³/mol. The van der Waals surface area contributed by atoms with Crippen LogP contribution in [0.15, 0.2) is 18.3 Å². The molecule has 0 aliphatic carbocycles. The van der Waals surface area contributed by atoms with Crippen molar-refractivity contribution < 1.29 is 4.79 Å². The van der Waals surface area contributed by atoms with E-state index in [4.69, 9.17) is 5.73 Å². The smallest absolute Gasteiger partial charge is 0.270 e. The van der Waals surface area contributed by atoms with Crippen molar-refractivity contribution in [2.24, 2.45) is 5.73 Å². The van der Waals surface area contributed by atoms with Gasteiger partial charge in [-0.05, 0) is 38.4 Å². The zero-order chi connectivity index (χ0) is 11.3. The lowest BCUT2D eigenvalue weighted by molar-refractivity contribution is 0.0933. The fourth-order valence-electron chi connectivity index (χ4n) is 1.34. The number of aromatic nitrogens is 1. The van der Waals surface area contributed by atoms with Crippen molar-refractivity contribution in [2.75, 3.05) is 6.54 Å². The number of hydrogen-bond donors (Lipinski definition) is 2. The van der Waals surface area contributed by atoms with Gasteiger partial charge >= 0.3 is 0 Å². The van der Waals surface area contributed by atoms with Crippen molar-refractivity contribution in [1.82, 2.24) is 10.3 Å². The van der Waals surface area contributed by atoms with E-state index in [1.165, 1.54) is 0 Å². The van der Waals surface area contributed by atoms with Crippen LogP contribution in [0.4, 0.5) is 0 Å². The molecule has 0 aliphatic rings. The SMILES string of the molecule is Cc1cccnc1C(=O)NC(C)CCN. The molecular formula is C11H17N3O. The largest absolute Gasteiger partial charge is 0.348 e. The fraction of sp³-hybridized carbons (Fsp3) is 0.455. The van der Waals surface area contributed by atoms with E-state index >= 15 is 0 Å². The van der Waals surface area contributed by atoms with Crippen LogP contribution in [0.2, 0.25) is 0 Å². The molecule has 0 saturated heterocycles. The first-order valence-corrected chi connectivity index (χ1v) is 5.07. The van der Waals surface area contributed by atoms with E-state index in [0.29, 0.717) is 12.2 Å². The Morgan fingerprint density at radius 2 is 2.40 bits per heavy atom. The minimum Gasteiger partial charge on any atom is -0.348 e.